The molecule has 0 N–H and O–H groups in total. The summed E-state index contributed by atoms with van der Waals surface area (Å²) in [4.78, 5) is 32.8. The second-order valence-electron chi connectivity index (χ2n) is 7.62. The van der Waals surface area contributed by atoms with Crippen LogP contribution in [0.25, 0.3) is 10.2 Å². The zero-order chi connectivity index (χ0) is 20.0. The Kier molecular flexibility index (Phi) is 4.54. The molecule has 2 aliphatic rings. The van der Waals surface area contributed by atoms with Crippen LogP contribution in [0.15, 0.2) is 24.4 Å². The molecule has 8 nitrogen and oxygen atoms in total. The van der Waals surface area contributed by atoms with Gasteiger partial charge in [0.25, 0.3) is 5.91 Å². The summed E-state index contributed by atoms with van der Waals surface area (Å²) < 4.78 is 2.88. The minimum absolute atomic E-state index is 0.0394. The van der Waals surface area contributed by atoms with Crippen LogP contribution >= 0.6 is 11.3 Å². The van der Waals surface area contributed by atoms with Crippen LogP contribution in [-0.4, -0.2) is 61.2 Å². The standard InChI is InChI=1S/C20H22N6O2S/c1-2-18-21-16-6-5-13(8-17(16)29-18)20(28)25-11-15(12-25)26-10-14(22-23-26)9-24-7-3-4-19(24)27/h5-6,8,10,15H,2-4,7,9,11-12H2,1H3. The molecule has 29 heavy (non-hydrogen) atoms. The molecule has 0 radical (unpaired) electrons. The number of hydrogen-bond acceptors (Lipinski definition) is 6. The number of fused-ring (bicyclic) bond motifs is 1. The third-order valence-corrected chi connectivity index (χ3v) is 6.75. The van der Waals surface area contributed by atoms with Crippen molar-refractivity contribution in [2.75, 3.05) is 19.6 Å². The van der Waals surface area contributed by atoms with Crippen LogP contribution < -0.4 is 0 Å². The molecule has 2 aromatic heterocycles. The number of carbonyl (C=O) groups excluding carboxylic acids is 2. The number of carbonyl (C=O) groups is 2. The highest BCUT2D eigenvalue weighted by Crippen LogP contribution is 2.27. The summed E-state index contributed by atoms with van der Waals surface area (Å²) in [6.07, 6.45) is 4.34. The Morgan fingerprint density at radius 2 is 2.17 bits per heavy atom. The summed E-state index contributed by atoms with van der Waals surface area (Å²) in [6, 6.07) is 5.87. The Balaban J connectivity index is 1.21. The monoisotopic (exact) mass is 410 g/mol. The molecule has 2 fully saturated rings. The average Bonchev–Trinajstić information content (AvgIpc) is 3.40. The van der Waals surface area contributed by atoms with Crippen LogP contribution in [0.3, 0.4) is 0 Å². The van der Waals surface area contributed by atoms with Crippen LogP contribution in [0.4, 0.5) is 0 Å². The SMILES string of the molecule is CCc1nc2ccc(C(=O)N3CC(n4cc(CN5CCCC5=O)nn4)C3)cc2s1. The van der Waals surface area contributed by atoms with Gasteiger partial charge in [-0.2, -0.15) is 0 Å². The minimum atomic E-state index is 0.0394. The second-order valence-corrected chi connectivity index (χ2v) is 8.73. The van der Waals surface area contributed by atoms with Gasteiger partial charge in [-0.15, -0.1) is 16.4 Å². The van der Waals surface area contributed by atoms with E-state index in [1.54, 1.807) is 11.3 Å². The summed E-state index contributed by atoms with van der Waals surface area (Å²) >= 11 is 1.65. The van der Waals surface area contributed by atoms with Gasteiger partial charge in [-0.3, -0.25) is 9.59 Å². The van der Waals surface area contributed by atoms with E-state index in [9.17, 15) is 9.59 Å². The van der Waals surface area contributed by atoms with E-state index in [1.165, 1.54) is 0 Å². The number of hydrogen-bond donors (Lipinski definition) is 0. The number of nitrogens with zero attached hydrogens (tertiary/aromatic N) is 6. The largest absolute Gasteiger partial charge is 0.337 e. The molecule has 2 amide bonds. The second kappa shape index (κ2) is 7.22. The van der Waals surface area contributed by atoms with E-state index in [2.05, 4.69) is 22.2 Å². The molecule has 5 rings (SSSR count). The summed E-state index contributed by atoms with van der Waals surface area (Å²) in [6.45, 7) is 4.63. The predicted molar refractivity (Wildman–Crippen MR) is 109 cm³/mol. The number of rotatable bonds is 5. The number of thiazole rings is 1. The van der Waals surface area contributed by atoms with Crippen molar-refractivity contribution in [2.24, 2.45) is 0 Å². The molecule has 150 valence electrons. The summed E-state index contributed by atoms with van der Waals surface area (Å²) in [5.74, 6) is 0.224. The summed E-state index contributed by atoms with van der Waals surface area (Å²) in [5.41, 5.74) is 2.46. The van der Waals surface area contributed by atoms with Gasteiger partial charge in [0.05, 0.1) is 34.0 Å². The topological polar surface area (TPSA) is 84.2 Å². The van der Waals surface area contributed by atoms with E-state index in [-0.39, 0.29) is 17.9 Å². The Morgan fingerprint density at radius 1 is 1.31 bits per heavy atom. The van der Waals surface area contributed by atoms with Crippen molar-refractivity contribution >= 4 is 33.4 Å². The minimum Gasteiger partial charge on any atom is -0.337 e. The van der Waals surface area contributed by atoms with Gasteiger partial charge in [-0.05, 0) is 31.0 Å². The molecule has 0 aliphatic carbocycles. The maximum Gasteiger partial charge on any atom is 0.254 e. The van der Waals surface area contributed by atoms with Gasteiger partial charge in [-0.1, -0.05) is 12.1 Å². The lowest BCUT2D eigenvalue weighted by molar-refractivity contribution is -0.128. The van der Waals surface area contributed by atoms with Gasteiger partial charge < -0.3 is 9.80 Å². The fourth-order valence-electron chi connectivity index (χ4n) is 3.86. The molecule has 0 atom stereocenters. The molecule has 0 spiro atoms. The average molecular weight is 411 g/mol. The van der Waals surface area contributed by atoms with Crippen LogP contribution in [-0.2, 0) is 17.8 Å². The van der Waals surface area contributed by atoms with Gasteiger partial charge >= 0.3 is 0 Å². The van der Waals surface area contributed by atoms with E-state index < -0.39 is 0 Å². The summed E-state index contributed by atoms with van der Waals surface area (Å²) in [5, 5.41) is 9.50. The van der Waals surface area contributed by atoms with Crippen molar-refractivity contribution in [3.8, 4) is 0 Å². The van der Waals surface area contributed by atoms with E-state index in [0.29, 0.717) is 31.6 Å². The van der Waals surface area contributed by atoms with Gasteiger partial charge in [0, 0.05) is 31.6 Å². The quantitative estimate of drug-likeness (QED) is 0.644. The molecule has 1 aromatic carbocycles. The molecule has 3 aromatic rings. The third kappa shape index (κ3) is 3.39. The molecule has 0 saturated carbocycles. The number of likely N-dealkylation sites (tertiary alicyclic amines) is 2. The van der Waals surface area contributed by atoms with Gasteiger partial charge in [0.15, 0.2) is 0 Å². The van der Waals surface area contributed by atoms with E-state index in [4.69, 9.17) is 0 Å². The number of aryl methyl sites for hydroxylation is 1. The first-order valence-electron chi connectivity index (χ1n) is 9.98. The molecule has 2 saturated heterocycles. The first kappa shape index (κ1) is 18.2. The fourth-order valence-corrected chi connectivity index (χ4v) is 4.80. The normalized spacial score (nSPS) is 17.3. The Morgan fingerprint density at radius 3 is 2.93 bits per heavy atom. The molecular formula is C20H22N6O2S. The van der Waals surface area contributed by atoms with Crippen molar-refractivity contribution < 1.29 is 9.59 Å². The molecular weight excluding hydrogens is 388 g/mol. The highest BCUT2D eigenvalue weighted by atomic mass is 32.1. The highest BCUT2D eigenvalue weighted by molar-refractivity contribution is 7.18. The number of aromatic nitrogens is 4. The highest BCUT2D eigenvalue weighted by Gasteiger charge is 2.33. The van der Waals surface area contributed by atoms with Crippen molar-refractivity contribution in [2.45, 2.75) is 38.8 Å². The molecule has 0 unspecified atom stereocenters. The van der Waals surface area contributed by atoms with E-state index in [0.717, 1.165) is 40.3 Å². The van der Waals surface area contributed by atoms with E-state index in [1.807, 2.05) is 38.9 Å². The fraction of sp³-hybridized carbons (Fsp3) is 0.450. The Bertz CT molecular complexity index is 1080. The van der Waals surface area contributed by atoms with Gasteiger partial charge in [0.1, 0.15) is 5.69 Å². The lowest BCUT2D eigenvalue weighted by atomic mass is 10.1. The molecule has 9 heteroatoms. The maximum absolute atomic E-state index is 12.8. The molecule has 4 heterocycles. The Hall–Kier alpha value is -2.81. The smallest absolute Gasteiger partial charge is 0.254 e. The van der Waals surface area contributed by atoms with Crippen LogP contribution in [0.2, 0.25) is 0 Å². The van der Waals surface area contributed by atoms with Crippen molar-refractivity contribution in [3.63, 3.8) is 0 Å². The zero-order valence-electron chi connectivity index (χ0n) is 16.2. The number of benzene rings is 1. The van der Waals surface area contributed by atoms with Crippen LogP contribution in [0, 0.1) is 0 Å². The lowest BCUT2D eigenvalue weighted by Gasteiger charge is -2.38. The van der Waals surface area contributed by atoms with Gasteiger partial charge in [0.2, 0.25) is 5.91 Å². The molecule has 0 bridgehead atoms. The van der Waals surface area contributed by atoms with Crippen LogP contribution in [0.5, 0.6) is 0 Å². The van der Waals surface area contributed by atoms with Crippen LogP contribution in [0.1, 0.15) is 46.9 Å². The first-order chi connectivity index (χ1) is 14.1. The first-order valence-corrected chi connectivity index (χ1v) is 10.8. The third-order valence-electron chi connectivity index (χ3n) is 5.59. The zero-order valence-corrected chi connectivity index (χ0v) is 17.1. The lowest BCUT2D eigenvalue weighted by Crippen LogP contribution is -2.50. The van der Waals surface area contributed by atoms with E-state index >= 15 is 0 Å². The summed E-state index contributed by atoms with van der Waals surface area (Å²) in [7, 11) is 0. The maximum atomic E-state index is 12.8. The number of amides is 2. The Labute approximate surface area is 172 Å². The van der Waals surface area contributed by atoms with Gasteiger partial charge in [-0.25, -0.2) is 9.67 Å². The van der Waals surface area contributed by atoms with Crippen molar-refractivity contribution in [1.29, 1.82) is 0 Å². The van der Waals surface area contributed by atoms with Crippen molar-refractivity contribution in [1.82, 2.24) is 29.8 Å². The van der Waals surface area contributed by atoms with Crippen molar-refractivity contribution in [3.05, 3.63) is 40.7 Å². The molecule has 2 aliphatic heterocycles. The predicted octanol–water partition coefficient (Wildman–Crippen LogP) is 2.27.